The third-order valence-electron chi connectivity index (χ3n) is 3.47. The van der Waals surface area contributed by atoms with E-state index in [1.54, 1.807) is 42.3 Å². The van der Waals surface area contributed by atoms with Crippen LogP contribution in [0.1, 0.15) is 30.6 Å². The van der Waals surface area contributed by atoms with E-state index in [2.05, 4.69) is 20.4 Å². The molecular formula is C17H26N2O2. The number of nitrogens with two attached hydrogens (primary N) is 1. The number of nitrogens with zero attached hydrogens (tertiary/aromatic N) is 1. The largest absolute Gasteiger partial charge is 0.490 e. The fraction of sp³-hybridized carbons (Fsp3) is 0.471. The van der Waals surface area contributed by atoms with Gasteiger partial charge in [0.2, 0.25) is 0 Å². The molecule has 0 saturated heterocycles. The quantitative estimate of drug-likeness (QED) is 0.749. The number of carbonyl (C=O) groups is 1. The lowest BCUT2D eigenvalue weighted by molar-refractivity contribution is 0.0789. The van der Waals surface area contributed by atoms with Crippen LogP contribution in [0.15, 0.2) is 36.9 Å². The predicted octanol–water partition coefficient (Wildman–Crippen LogP) is 2.70. The number of rotatable bonds is 8. The minimum atomic E-state index is 0.00114. The van der Waals surface area contributed by atoms with Crippen LogP contribution in [-0.4, -0.2) is 37.0 Å². The molecule has 116 valence electrons. The van der Waals surface area contributed by atoms with Crippen LogP contribution >= 0.6 is 0 Å². The second-order valence-corrected chi connectivity index (χ2v) is 5.55. The summed E-state index contributed by atoms with van der Waals surface area (Å²) in [6.07, 6.45) is 2.49. The highest BCUT2D eigenvalue weighted by atomic mass is 16.5. The number of amides is 1. The van der Waals surface area contributed by atoms with Gasteiger partial charge in [-0.2, -0.15) is 0 Å². The number of carbonyl (C=O) groups excluding carboxylic acids is 1. The van der Waals surface area contributed by atoms with Crippen LogP contribution < -0.4 is 10.5 Å². The SMILES string of the molecule is C=CCOc1ccc(C(=O)N(C)CCC(N)C(C)C)cc1. The second-order valence-electron chi connectivity index (χ2n) is 5.55. The maximum absolute atomic E-state index is 12.3. The van der Waals surface area contributed by atoms with E-state index in [1.807, 2.05) is 0 Å². The Labute approximate surface area is 127 Å². The van der Waals surface area contributed by atoms with Crippen molar-refractivity contribution in [2.75, 3.05) is 20.2 Å². The van der Waals surface area contributed by atoms with Gasteiger partial charge in [0.15, 0.2) is 0 Å². The molecule has 1 unspecified atom stereocenters. The van der Waals surface area contributed by atoms with Gasteiger partial charge < -0.3 is 15.4 Å². The fourth-order valence-corrected chi connectivity index (χ4v) is 1.85. The predicted molar refractivity (Wildman–Crippen MR) is 86.5 cm³/mol. The van der Waals surface area contributed by atoms with Crippen LogP contribution in [-0.2, 0) is 0 Å². The lowest BCUT2D eigenvalue weighted by Crippen LogP contribution is -2.34. The topological polar surface area (TPSA) is 55.6 Å². The van der Waals surface area contributed by atoms with Crippen molar-refractivity contribution in [1.82, 2.24) is 4.90 Å². The molecule has 0 radical (unpaired) electrons. The third-order valence-corrected chi connectivity index (χ3v) is 3.47. The van der Waals surface area contributed by atoms with E-state index < -0.39 is 0 Å². The average molecular weight is 290 g/mol. The molecule has 4 nitrogen and oxygen atoms in total. The molecule has 2 N–H and O–H groups in total. The summed E-state index contributed by atoms with van der Waals surface area (Å²) in [5.74, 6) is 1.16. The van der Waals surface area contributed by atoms with Gasteiger partial charge in [-0.3, -0.25) is 4.79 Å². The molecule has 0 aromatic heterocycles. The second kappa shape index (κ2) is 8.47. The average Bonchev–Trinajstić information content (AvgIpc) is 2.49. The Balaban J connectivity index is 2.55. The van der Waals surface area contributed by atoms with Crippen molar-refractivity contribution >= 4 is 5.91 Å². The van der Waals surface area contributed by atoms with Crippen LogP contribution in [0.4, 0.5) is 0 Å². The first kappa shape index (κ1) is 17.2. The Morgan fingerprint density at radius 3 is 2.52 bits per heavy atom. The molecule has 1 rings (SSSR count). The van der Waals surface area contributed by atoms with E-state index in [9.17, 15) is 4.79 Å². The van der Waals surface area contributed by atoms with Crippen LogP contribution in [0.2, 0.25) is 0 Å². The van der Waals surface area contributed by atoms with Crippen molar-refractivity contribution in [3.8, 4) is 5.75 Å². The molecule has 0 saturated carbocycles. The van der Waals surface area contributed by atoms with Gasteiger partial charge in [0.1, 0.15) is 12.4 Å². The van der Waals surface area contributed by atoms with Crippen LogP contribution in [0.3, 0.4) is 0 Å². The van der Waals surface area contributed by atoms with Crippen LogP contribution in [0.25, 0.3) is 0 Å². The van der Waals surface area contributed by atoms with Gasteiger partial charge in [0.05, 0.1) is 0 Å². The Hall–Kier alpha value is -1.81. The minimum absolute atomic E-state index is 0.00114. The Morgan fingerprint density at radius 1 is 1.38 bits per heavy atom. The van der Waals surface area contributed by atoms with Gasteiger partial charge in [-0.1, -0.05) is 26.5 Å². The summed E-state index contributed by atoms with van der Waals surface area (Å²) in [7, 11) is 1.80. The highest BCUT2D eigenvalue weighted by molar-refractivity contribution is 5.94. The third kappa shape index (κ3) is 5.60. The molecule has 1 aromatic carbocycles. The van der Waals surface area contributed by atoms with Crippen molar-refractivity contribution in [2.24, 2.45) is 11.7 Å². The first-order valence-corrected chi connectivity index (χ1v) is 7.30. The number of benzene rings is 1. The van der Waals surface area contributed by atoms with Crippen molar-refractivity contribution in [3.05, 3.63) is 42.5 Å². The standard InChI is InChI=1S/C17H26N2O2/c1-5-12-21-15-8-6-14(7-9-15)17(20)19(4)11-10-16(18)13(2)3/h5-9,13,16H,1,10-12,18H2,2-4H3. The molecule has 0 fully saturated rings. The molecule has 0 aliphatic carbocycles. The molecule has 0 bridgehead atoms. The molecule has 0 aliphatic heterocycles. The highest BCUT2D eigenvalue weighted by Gasteiger charge is 2.14. The van der Waals surface area contributed by atoms with Crippen LogP contribution in [0, 0.1) is 5.92 Å². The molecular weight excluding hydrogens is 264 g/mol. The zero-order valence-electron chi connectivity index (χ0n) is 13.2. The maximum atomic E-state index is 12.3. The Kier molecular flexibility index (Phi) is 6.96. The van der Waals surface area contributed by atoms with Gasteiger partial charge in [0.25, 0.3) is 5.91 Å². The Morgan fingerprint density at radius 2 is 2.00 bits per heavy atom. The van der Waals surface area contributed by atoms with E-state index in [0.29, 0.717) is 24.6 Å². The lowest BCUT2D eigenvalue weighted by Gasteiger charge is -2.21. The molecule has 1 atom stereocenters. The maximum Gasteiger partial charge on any atom is 0.253 e. The normalized spacial score (nSPS) is 12.0. The van der Waals surface area contributed by atoms with Gasteiger partial charge in [0, 0.05) is 25.2 Å². The monoisotopic (exact) mass is 290 g/mol. The van der Waals surface area contributed by atoms with Gasteiger partial charge in [-0.05, 0) is 36.6 Å². The minimum Gasteiger partial charge on any atom is -0.490 e. The van der Waals surface area contributed by atoms with E-state index in [4.69, 9.17) is 10.5 Å². The smallest absolute Gasteiger partial charge is 0.253 e. The molecule has 1 amide bonds. The van der Waals surface area contributed by atoms with Gasteiger partial charge in [-0.25, -0.2) is 0 Å². The van der Waals surface area contributed by atoms with Crippen molar-refractivity contribution in [2.45, 2.75) is 26.3 Å². The summed E-state index contributed by atoms with van der Waals surface area (Å²) in [4.78, 5) is 14.0. The van der Waals surface area contributed by atoms with Crippen molar-refractivity contribution < 1.29 is 9.53 Å². The van der Waals surface area contributed by atoms with E-state index in [0.717, 1.165) is 12.2 Å². The number of ether oxygens (including phenoxy) is 1. The summed E-state index contributed by atoms with van der Waals surface area (Å²) in [5, 5.41) is 0. The Bertz CT molecular complexity index is 454. The summed E-state index contributed by atoms with van der Waals surface area (Å²) in [5.41, 5.74) is 6.66. The number of hydrogen-bond acceptors (Lipinski definition) is 3. The zero-order chi connectivity index (χ0) is 15.8. The molecule has 4 heteroatoms. The molecule has 21 heavy (non-hydrogen) atoms. The molecule has 1 aromatic rings. The summed E-state index contributed by atoms with van der Waals surface area (Å²) in [6, 6.07) is 7.27. The lowest BCUT2D eigenvalue weighted by atomic mass is 10.0. The number of hydrogen-bond donors (Lipinski definition) is 1. The first-order valence-electron chi connectivity index (χ1n) is 7.30. The first-order chi connectivity index (χ1) is 9.95. The zero-order valence-corrected chi connectivity index (χ0v) is 13.2. The van der Waals surface area contributed by atoms with E-state index in [-0.39, 0.29) is 11.9 Å². The molecule has 0 heterocycles. The van der Waals surface area contributed by atoms with Crippen LogP contribution in [0.5, 0.6) is 5.75 Å². The van der Waals surface area contributed by atoms with E-state index in [1.165, 1.54) is 0 Å². The fourth-order valence-electron chi connectivity index (χ4n) is 1.85. The molecule has 0 spiro atoms. The van der Waals surface area contributed by atoms with Gasteiger partial charge in [-0.15, -0.1) is 0 Å². The summed E-state index contributed by atoms with van der Waals surface area (Å²) < 4.78 is 5.40. The summed E-state index contributed by atoms with van der Waals surface area (Å²) in [6.45, 7) is 8.90. The van der Waals surface area contributed by atoms with Gasteiger partial charge >= 0.3 is 0 Å². The highest BCUT2D eigenvalue weighted by Crippen LogP contribution is 2.14. The van der Waals surface area contributed by atoms with Crippen molar-refractivity contribution in [1.29, 1.82) is 0 Å². The van der Waals surface area contributed by atoms with Crippen molar-refractivity contribution in [3.63, 3.8) is 0 Å². The summed E-state index contributed by atoms with van der Waals surface area (Å²) >= 11 is 0. The molecule has 0 aliphatic rings. The van der Waals surface area contributed by atoms with E-state index >= 15 is 0 Å².